The molecule has 0 radical (unpaired) electrons. The van der Waals surface area contributed by atoms with E-state index in [1.54, 1.807) is 32.9 Å². The zero-order valence-corrected chi connectivity index (χ0v) is 14.5. The third kappa shape index (κ3) is 8.17. The summed E-state index contributed by atoms with van der Waals surface area (Å²) in [6, 6.07) is 0. The second-order valence-electron chi connectivity index (χ2n) is 5.02. The van der Waals surface area contributed by atoms with Crippen molar-refractivity contribution in [3.05, 3.63) is 43.4 Å². The number of hydrogen-bond donors (Lipinski definition) is 2. The van der Waals surface area contributed by atoms with E-state index in [1.807, 2.05) is 5.38 Å². The van der Waals surface area contributed by atoms with Gasteiger partial charge in [-0.25, -0.2) is 4.98 Å². The summed E-state index contributed by atoms with van der Waals surface area (Å²) in [5.74, 6) is 1.95. The lowest BCUT2D eigenvalue weighted by Gasteiger charge is -2.32. The largest absolute Gasteiger partial charge is 0.633 e. The van der Waals surface area contributed by atoms with Crippen LogP contribution in [0.3, 0.4) is 0 Å². The molecule has 0 fully saturated rings. The molecular weight excluding hydrogens is 326 g/mol. The Labute approximate surface area is 137 Å². The van der Waals surface area contributed by atoms with E-state index >= 15 is 0 Å². The molecule has 0 bridgehead atoms. The Hall–Kier alpha value is -1.36. The molecule has 8 nitrogen and oxygen atoms in total. The van der Waals surface area contributed by atoms with Gasteiger partial charge in [-0.1, -0.05) is 0 Å². The molecule has 1 heterocycles. The highest BCUT2D eigenvalue weighted by Gasteiger charge is 2.09. The average molecular weight is 347 g/mol. The van der Waals surface area contributed by atoms with Crippen LogP contribution in [0.2, 0.25) is 0 Å². The van der Waals surface area contributed by atoms with E-state index < -0.39 is 4.92 Å². The molecule has 0 aliphatic rings. The highest BCUT2D eigenvalue weighted by Crippen LogP contribution is 2.18. The molecule has 0 spiro atoms. The highest BCUT2D eigenvalue weighted by molar-refractivity contribution is 7.98. The maximum absolute atomic E-state index is 11.6. The van der Waals surface area contributed by atoms with Gasteiger partial charge >= 0.3 is 0 Å². The second-order valence-corrected chi connectivity index (χ2v) is 7.07. The van der Waals surface area contributed by atoms with Crippen LogP contribution in [0.25, 0.3) is 0 Å². The molecule has 0 aliphatic carbocycles. The van der Waals surface area contributed by atoms with Gasteiger partial charge in [0.25, 0.3) is 6.20 Å². The van der Waals surface area contributed by atoms with Gasteiger partial charge in [-0.05, 0) is 0 Å². The standard InChI is InChI=1S/C12H21N5O3S2/c1-13-11(6-16(18)19)14-4-5-21-8-10-9-22-12(15-10)7-17(2,3)20/h6,9,13-14H,4-5,7-8H2,1-3H3. The van der Waals surface area contributed by atoms with Crippen molar-refractivity contribution in [3.63, 3.8) is 0 Å². The summed E-state index contributed by atoms with van der Waals surface area (Å²) in [6.45, 7) is 1.00. The van der Waals surface area contributed by atoms with Gasteiger partial charge < -0.3 is 20.5 Å². The molecule has 0 saturated heterocycles. The molecule has 0 amide bonds. The topological polar surface area (TPSA) is 103 Å². The monoisotopic (exact) mass is 347 g/mol. The van der Waals surface area contributed by atoms with E-state index in [2.05, 4.69) is 15.6 Å². The van der Waals surface area contributed by atoms with Crippen molar-refractivity contribution in [2.24, 2.45) is 0 Å². The van der Waals surface area contributed by atoms with Crippen LogP contribution in [-0.4, -0.2) is 48.0 Å². The Balaban J connectivity index is 2.26. The third-order valence-corrected chi connectivity index (χ3v) is 4.31. The van der Waals surface area contributed by atoms with E-state index in [0.717, 1.165) is 28.4 Å². The van der Waals surface area contributed by atoms with E-state index in [9.17, 15) is 15.3 Å². The molecule has 2 N–H and O–H groups in total. The fourth-order valence-corrected chi connectivity index (χ4v) is 3.37. The van der Waals surface area contributed by atoms with Gasteiger partial charge in [-0.15, -0.1) is 11.3 Å². The summed E-state index contributed by atoms with van der Waals surface area (Å²) in [7, 11) is 4.82. The van der Waals surface area contributed by atoms with Crippen molar-refractivity contribution in [1.29, 1.82) is 0 Å². The van der Waals surface area contributed by atoms with Crippen LogP contribution >= 0.6 is 23.1 Å². The third-order valence-electron chi connectivity index (χ3n) is 2.43. The molecule has 10 heteroatoms. The first-order chi connectivity index (χ1) is 10.3. The number of hydroxylamine groups is 3. The minimum absolute atomic E-state index is 0.375. The lowest BCUT2D eigenvalue weighted by molar-refractivity contribution is -0.853. The van der Waals surface area contributed by atoms with Gasteiger partial charge in [-0.2, -0.15) is 11.8 Å². The average Bonchev–Trinajstić information content (AvgIpc) is 2.81. The quantitative estimate of drug-likeness (QED) is 0.285. The van der Waals surface area contributed by atoms with Crippen LogP contribution in [0.5, 0.6) is 0 Å². The predicted molar refractivity (Wildman–Crippen MR) is 89.6 cm³/mol. The zero-order valence-electron chi connectivity index (χ0n) is 12.9. The molecule has 1 rings (SSSR count). The predicted octanol–water partition coefficient (Wildman–Crippen LogP) is 1.34. The maximum atomic E-state index is 11.6. The number of quaternary nitrogens is 1. The summed E-state index contributed by atoms with van der Waals surface area (Å²) in [5.41, 5.74) is 0.966. The van der Waals surface area contributed by atoms with Crippen LogP contribution in [0.15, 0.2) is 17.4 Å². The van der Waals surface area contributed by atoms with Crippen LogP contribution in [-0.2, 0) is 12.3 Å². The summed E-state index contributed by atoms with van der Waals surface area (Å²) in [4.78, 5) is 14.3. The van der Waals surface area contributed by atoms with E-state index in [1.165, 1.54) is 11.3 Å². The van der Waals surface area contributed by atoms with Gasteiger partial charge in [-0.3, -0.25) is 10.1 Å². The van der Waals surface area contributed by atoms with Crippen molar-refractivity contribution >= 4 is 23.1 Å². The number of nitrogens with zero attached hydrogens (tertiary/aromatic N) is 3. The Morgan fingerprint density at radius 2 is 2.32 bits per heavy atom. The molecule has 0 aliphatic heterocycles. The number of thiazole rings is 1. The summed E-state index contributed by atoms with van der Waals surface area (Å²) in [5, 5.41) is 30.4. The zero-order chi connectivity index (χ0) is 16.6. The molecule has 0 aromatic carbocycles. The second kappa shape index (κ2) is 8.93. The van der Waals surface area contributed by atoms with Gasteiger partial charge in [0.15, 0.2) is 5.82 Å². The minimum atomic E-state index is -0.501. The van der Waals surface area contributed by atoms with Crippen LogP contribution in [0, 0.1) is 15.3 Å². The Bertz CT molecular complexity index is 513. The van der Waals surface area contributed by atoms with Crippen LogP contribution in [0.4, 0.5) is 0 Å². The van der Waals surface area contributed by atoms with Crippen molar-refractivity contribution in [1.82, 2.24) is 15.6 Å². The Morgan fingerprint density at radius 1 is 1.59 bits per heavy atom. The first kappa shape index (κ1) is 18.7. The Morgan fingerprint density at radius 3 is 2.91 bits per heavy atom. The number of rotatable bonds is 10. The summed E-state index contributed by atoms with van der Waals surface area (Å²) in [6.07, 6.45) is 0.903. The molecule has 22 heavy (non-hydrogen) atoms. The number of hydrogen-bond acceptors (Lipinski definition) is 8. The molecule has 0 saturated carbocycles. The van der Waals surface area contributed by atoms with Gasteiger partial charge in [0.2, 0.25) is 0 Å². The molecule has 124 valence electrons. The summed E-state index contributed by atoms with van der Waals surface area (Å²) < 4.78 is -0.375. The number of nitrogens with one attached hydrogen (secondary N) is 2. The number of thioether (sulfide) groups is 1. The van der Waals surface area contributed by atoms with Crippen molar-refractivity contribution in [2.75, 3.05) is 33.4 Å². The van der Waals surface area contributed by atoms with Crippen LogP contribution in [0.1, 0.15) is 10.7 Å². The SMILES string of the molecule is CNC(=C[N+](=O)[O-])NCCSCc1csc(C[N+](C)(C)[O-])n1. The van der Waals surface area contributed by atoms with Gasteiger partial charge in [0.1, 0.15) is 11.6 Å². The van der Waals surface area contributed by atoms with E-state index in [-0.39, 0.29) is 4.65 Å². The lowest BCUT2D eigenvalue weighted by atomic mass is 10.5. The number of nitro groups is 1. The minimum Gasteiger partial charge on any atom is -0.633 e. The summed E-state index contributed by atoms with van der Waals surface area (Å²) >= 11 is 3.19. The van der Waals surface area contributed by atoms with Crippen LogP contribution < -0.4 is 10.6 Å². The van der Waals surface area contributed by atoms with Crippen molar-refractivity contribution in [3.8, 4) is 0 Å². The Kier molecular flexibility index (Phi) is 7.59. The van der Waals surface area contributed by atoms with Gasteiger partial charge in [0, 0.05) is 30.5 Å². The first-order valence-electron chi connectivity index (χ1n) is 6.62. The smallest absolute Gasteiger partial charge is 0.274 e. The fourth-order valence-electron chi connectivity index (χ4n) is 1.55. The van der Waals surface area contributed by atoms with Crippen molar-refractivity contribution in [2.45, 2.75) is 12.3 Å². The lowest BCUT2D eigenvalue weighted by Crippen LogP contribution is -2.30. The molecule has 1 aromatic heterocycles. The van der Waals surface area contributed by atoms with E-state index in [0.29, 0.717) is 18.9 Å². The molecule has 0 unspecified atom stereocenters. The maximum Gasteiger partial charge on any atom is 0.274 e. The highest BCUT2D eigenvalue weighted by atomic mass is 32.2. The normalized spacial score (nSPS) is 12.3. The first-order valence-corrected chi connectivity index (χ1v) is 8.65. The van der Waals surface area contributed by atoms with Crippen molar-refractivity contribution < 1.29 is 9.57 Å². The molecular formula is C12H21N5O3S2. The van der Waals surface area contributed by atoms with Gasteiger partial charge in [0.05, 0.1) is 24.7 Å². The fraction of sp³-hybridized carbons (Fsp3) is 0.583. The van der Waals surface area contributed by atoms with E-state index in [4.69, 9.17) is 0 Å². The molecule has 0 atom stereocenters. The number of aromatic nitrogens is 1. The molecule has 1 aromatic rings.